The fraction of sp³-hybridized carbons (Fsp3) is 0.833. The Morgan fingerprint density at radius 1 is 1.36 bits per heavy atom. The Morgan fingerprint density at radius 2 is 2.05 bits per heavy atom. The van der Waals surface area contributed by atoms with Crippen LogP contribution in [0.4, 0.5) is 4.79 Å². The van der Waals surface area contributed by atoms with Gasteiger partial charge in [-0.25, -0.2) is 4.79 Å². The van der Waals surface area contributed by atoms with Crippen LogP contribution in [-0.4, -0.2) is 41.8 Å². The van der Waals surface area contributed by atoms with Crippen molar-refractivity contribution < 1.29 is 9.53 Å². The van der Waals surface area contributed by atoms with Crippen molar-refractivity contribution in [2.75, 3.05) is 13.1 Å². The third-order valence-electron chi connectivity index (χ3n) is 3.88. The van der Waals surface area contributed by atoms with Gasteiger partial charge in [-0.2, -0.15) is 0 Å². The van der Waals surface area contributed by atoms with Crippen LogP contribution in [0.5, 0.6) is 0 Å². The molecule has 4 nitrogen and oxygen atoms in total. The predicted molar refractivity (Wildman–Crippen MR) is 92.1 cm³/mol. The minimum Gasteiger partial charge on any atom is -0.444 e. The molecule has 2 unspecified atom stereocenters. The fourth-order valence-electron chi connectivity index (χ4n) is 2.82. The third-order valence-corrected chi connectivity index (χ3v) is 3.88. The van der Waals surface area contributed by atoms with E-state index in [0.29, 0.717) is 6.04 Å². The zero-order valence-electron chi connectivity index (χ0n) is 15.1. The molecule has 1 saturated heterocycles. The Bertz CT molecular complexity index is 374. The molecule has 128 valence electrons. The lowest BCUT2D eigenvalue weighted by Crippen LogP contribution is -2.45. The van der Waals surface area contributed by atoms with Gasteiger partial charge in [0.05, 0.1) is 0 Å². The molecule has 1 heterocycles. The van der Waals surface area contributed by atoms with Crippen LogP contribution < -0.4 is 5.32 Å². The number of nitrogens with one attached hydrogen (secondary N) is 1. The van der Waals surface area contributed by atoms with Crippen LogP contribution in [0.3, 0.4) is 0 Å². The minimum absolute atomic E-state index is 0.161. The van der Waals surface area contributed by atoms with Gasteiger partial charge < -0.3 is 15.0 Å². The van der Waals surface area contributed by atoms with Crippen LogP contribution >= 0.6 is 0 Å². The van der Waals surface area contributed by atoms with Crippen molar-refractivity contribution in [3.8, 4) is 0 Å². The number of amides is 1. The second-order valence-electron chi connectivity index (χ2n) is 7.65. The summed E-state index contributed by atoms with van der Waals surface area (Å²) < 4.78 is 5.60. The van der Waals surface area contributed by atoms with Gasteiger partial charge in [-0.3, -0.25) is 0 Å². The summed E-state index contributed by atoms with van der Waals surface area (Å²) >= 11 is 0. The molecule has 1 N–H and O–H groups in total. The van der Waals surface area contributed by atoms with E-state index in [0.717, 1.165) is 37.9 Å². The molecular weight excluding hydrogens is 276 g/mol. The smallest absolute Gasteiger partial charge is 0.410 e. The Balaban J connectivity index is 2.65. The Kier molecular flexibility index (Phi) is 7.40. The maximum Gasteiger partial charge on any atom is 0.410 e. The van der Waals surface area contributed by atoms with Gasteiger partial charge in [0.15, 0.2) is 0 Å². The van der Waals surface area contributed by atoms with Crippen molar-refractivity contribution in [1.29, 1.82) is 0 Å². The molecule has 1 rings (SSSR count). The van der Waals surface area contributed by atoms with Crippen LogP contribution in [-0.2, 0) is 4.74 Å². The van der Waals surface area contributed by atoms with Crippen LogP contribution in [0, 0.1) is 0 Å². The number of nitrogens with zero attached hydrogens (tertiary/aromatic N) is 1. The first kappa shape index (κ1) is 19.0. The van der Waals surface area contributed by atoms with Crippen molar-refractivity contribution >= 4 is 6.09 Å². The monoisotopic (exact) mass is 310 g/mol. The highest BCUT2D eigenvalue weighted by atomic mass is 16.6. The number of hydrogen-bond donors (Lipinski definition) is 1. The predicted octanol–water partition coefficient (Wildman–Crippen LogP) is 4.11. The second kappa shape index (κ2) is 8.56. The topological polar surface area (TPSA) is 41.6 Å². The summed E-state index contributed by atoms with van der Waals surface area (Å²) in [5.74, 6) is 0. The number of carbonyl (C=O) groups excluding carboxylic acids is 1. The lowest BCUT2D eigenvalue weighted by atomic mass is 10.0. The minimum atomic E-state index is -0.433. The van der Waals surface area contributed by atoms with E-state index in [1.807, 2.05) is 32.6 Å². The fourth-order valence-corrected chi connectivity index (χ4v) is 2.82. The number of rotatable bonds is 5. The van der Waals surface area contributed by atoms with Gasteiger partial charge in [0.1, 0.15) is 5.60 Å². The van der Waals surface area contributed by atoms with E-state index in [2.05, 4.69) is 18.8 Å². The van der Waals surface area contributed by atoms with E-state index in [9.17, 15) is 4.79 Å². The van der Waals surface area contributed by atoms with E-state index in [-0.39, 0.29) is 12.1 Å². The molecular formula is C18H34N2O2. The van der Waals surface area contributed by atoms with Gasteiger partial charge in [-0.15, -0.1) is 0 Å². The van der Waals surface area contributed by atoms with Crippen molar-refractivity contribution in [2.45, 2.75) is 84.4 Å². The molecule has 1 amide bonds. The number of ether oxygens (including phenoxy) is 1. The molecule has 2 atom stereocenters. The largest absolute Gasteiger partial charge is 0.444 e. The molecule has 4 heteroatoms. The molecule has 0 aromatic heterocycles. The normalized spacial score (nSPS) is 21.1. The highest BCUT2D eigenvalue weighted by Gasteiger charge is 2.30. The number of carbonyl (C=O) groups is 1. The maximum atomic E-state index is 12.5. The molecule has 0 aromatic carbocycles. The molecule has 0 bridgehead atoms. The summed E-state index contributed by atoms with van der Waals surface area (Å²) in [6, 6.07) is 0.634. The first-order valence-corrected chi connectivity index (χ1v) is 8.56. The average molecular weight is 310 g/mol. The van der Waals surface area contributed by atoms with Gasteiger partial charge in [0, 0.05) is 25.2 Å². The van der Waals surface area contributed by atoms with E-state index in [1.165, 1.54) is 12.8 Å². The lowest BCUT2D eigenvalue weighted by molar-refractivity contribution is 0.0150. The average Bonchev–Trinajstić information content (AvgIpc) is 2.59. The first-order chi connectivity index (χ1) is 10.2. The molecule has 0 saturated carbocycles. The molecule has 22 heavy (non-hydrogen) atoms. The molecule has 0 radical (unpaired) electrons. The Labute approximate surface area is 136 Å². The van der Waals surface area contributed by atoms with Crippen molar-refractivity contribution in [1.82, 2.24) is 10.2 Å². The SMILES string of the molecule is C=C(C)CNC(C)CC1CCCCCN1C(=O)OC(C)(C)C. The van der Waals surface area contributed by atoms with Crippen molar-refractivity contribution in [3.05, 3.63) is 12.2 Å². The first-order valence-electron chi connectivity index (χ1n) is 8.56. The standard InChI is InChI=1S/C18H34N2O2/c1-14(2)13-19-15(3)12-16-10-8-7-9-11-20(16)17(21)22-18(4,5)6/h15-16,19H,1,7-13H2,2-6H3. The van der Waals surface area contributed by atoms with Gasteiger partial charge >= 0.3 is 6.09 Å². The Hall–Kier alpha value is -1.03. The van der Waals surface area contributed by atoms with Crippen LogP contribution in [0.1, 0.15) is 66.7 Å². The van der Waals surface area contributed by atoms with E-state index < -0.39 is 5.60 Å². The summed E-state index contributed by atoms with van der Waals surface area (Å²) in [7, 11) is 0. The zero-order chi connectivity index (χ0) is 16.8. The molecule has 1 fully saturated rings. The van der Waals surface area contributed by atoms with Gasteiger partial charge in [0.2, 0.25) is 0 Å². The lowest BCUT2D eigenvalue weighted by Gasteiger charge is -2.33. The Morgan fingerprint density at radius 3 is 2.64 bits per heavy atom. The van der Waals surface area contributed by atoms with Crippen molar-refractivity contribution in [2.24, 2.45) is 0 Å². The second-order valence-corrected chi connectivity index (χ2v) is 7.65. The summed E-state index contributed by atoms with van der Waals surface area (Å²) in [6.45, 7) is 15.6. The summed E-state index contributed by atoms with van der Waals surface area (Å²) in [5, 5.41) is 3.48. The molecule has 0 spiro atoms. The molecule has 0 aliphatic carbocycles. The molecule has 1 aliphatic heterocycles. The van der Waals surface area contributed by atoms with Crippen LogP contribution in [0.15, 0.2) is 12.2 Å². The van der Waals surface area contributed by atoms with E-state index >= 15 is 0 Å². The number of hydrogen-bond acceptors (Lipinski definition) is 3. The quantitative estimate of drug-likeness (QED) is 0.777. The summed E-state index contributed by atoms with van der Waals surface area (Å²) in [5.41, 5.74) is 0.703. The summed E-state index contributed by atoms with van der Waals surface area (Å²) in [4.78, 5) is 14.4. The van der Waals surface area contributed by atoms with E-state index in [1.54, 1.807) is 0 Å². The van der Waals surface area contributed by atoms with Gasteiger partial charge in [-0.1, -0.05) is 25.0 Å². The van der Waals surface area contributed by atoms with Crippen LogP contribution in [0.25, 0.3) is 0 Å². The van der Waals surface area contributed by atoms with Gasteiger partial charge in [-0.05, 0) is 53.9 Å². The van der Waals surface area contributed by atoms with E-state index in [4.69, 9.17) is 4.74 Å². The highest BCUT2D eigenvalue weighted by molar-refractivity contribution is 5.68. The third kappa shape index (κ3) is 7.30. The summed E-state index contributed by atoms with van der Waals surface area (Å²) in [6.07, 6.45) is 5.33. The van der Waals surface area contributed by atoms with Gasteiger partial charge in [0.25, 0.3) is 0 Å². The highest BCUT2D eigenvalue weighted by Crippen LogP contribution is 2.23. The molecule has 1 aliphatic rings. The number of likely N-dealkylation sites (tertiary alicyclic amines) is 1. The van der Waals surface area contributed by atoms with Crippen molar-refractivity contribution in [3.63, 3.8) is 0 Å². The zero-order valence-corrected chi connectivity index (χ0v) is 15.1. The van der Waals surface area contributed by atoms with Crippen LogP contribution in [0.2, 0.25) is 0 Å². The maximum absolute atomic E-state index is 12.5. The molecule has 0 aromatic rings.